The average molecular weight is 331 g/mol. The van der Waals surface area contributed by atoms with E-state index in [2.05, 4.69) is 15.5 Å². The highest BCUT2D eigenvalue weighted by Crippen LogP contribution is 2.17. The van der Waals surface area contributed by atoms with Gasteiger partial charge in [-0.25, -0.2) is 9.48 Å². The van der Waals surface area contributed by atoms with E-state index in [1.807, 2.05) is 0 Å². The third-order valence-electron chi connectivity index (χ3n) is 2.85. The summed E-state index contributed by atoms with van der Waals surface area (Å²) < 4.78 is 12.0. The summed E-state index contributed by atoms with van der Waals surface area (Å²) in [6, 6.07) is 13.5. The Morgan fingerprint density at radius 3 is 2.39 bits per heavy atom. The zero-order valence-corrected chi connectivity index (χ0v) is 12.6. The zero-order chi connectivity index (χ0) is 16.1. The minimum Gasteiger partial charge on any atom is -0.482 e. The predicted molar refractivity (Wildman–Crippen MR) is 81.7 cm³/mol. The molecule has 23 heavy (non-hydrogen) atoms. The molecule has 116 valence electrons. The van der Waals surface area contributed by atoms with Crippen LogP contribution in [0.2, 0.25) is 5.02 Å². The first-order chi connectivity index (χ1) is 11.2. The monoisotopic (exact) mass is 330 g/mol. The molecule has 0 aliphatic carbocycles. The number of ether oxygens (including phenoxy) is 2. The van der Waals surface area contributed by atoms with Gasteiger partial charge in [-0.05, 0) is 59.0 Å². The van der Waals surface area contributed by atoms with E-state index >= 15 is 0 Å². The Bertz CT molecular complexity index is 773. The van der Waals surface area contributed by atoms with Crippen molar-refractivity contribution in [3.63, 3.8) is 0 Å². The number of esters is 1. The number of tetrazole rings is 1. The smallest absolute Gasteiger partial charge is 0.349 e. The molecule has 7 nitrogen and oxygen atoms in total. The lowest BCUT2D eigenvalue weighted by molar-refractivity contribution is -0.136. The lowest BCUT2D eigenvalue weighted by atomic mass is 10.3. The van der Waals surface area contributed by atoms with Crippen molar-refractivity contribution in [1.29, 1.82) is 0 Å². The van der Waals surface area contributed by atoms with Crippen molar-refractivity contribution >= 4 is 17.6 Å². The number of aromatic nitrogens is 4. The number of benzene rings is 2. The van der Waals surface area contributed by atoms with Crippen LogP contribution in [0.4, 0.5) is 0 Å². The molecule has 8 heteroatoms. The minimum absolute atomic E-state index is 0.198. The molecule has 0 atom stereocenters. The zero-order valence-electron chi connectivity index (χ0n) is 11.8. The van der Waals surface area contributed by atoms with Gasteiger partial charge in [0.1, 0.15) is 17.8 Å². The highest BCUT2D eigenvalue weighted by molar-refractivity contribution is 6.30. The number of nitrogens with zero attached hydrogens (tertiary/aromatic N) is 4. The van der Waals surface area contributed by atoms with Crippen molar-refractivity contribution in [2.75, 3.05) is 6.61 Å². The molecule has 1 heterocycles. The third kappa shape index (κ3) is 4.04. The third-order valence-corrected chi connectivity index (χ3v) is 3.10. The van der Waals surface area contributed by atoms with Gasteiger partial charge in [0, 0.05) is 5.02 Å². The van der Waals surface area contributed by atoms with E-state index in [0.717, 1.165) is 5.69 Å². The Morgan fingerprint density at radius 2 is 1.74 bits per heavy atom. The fourth-order valence-electron chi connectivity index (χ4n) is 1.78. The number of hydrogen-bond acceptors (Lipinski definition) is 6. The topological polar surface area (TPSA) is 79.1 Å². The normalized spacial score (nSPS) is 10.3. The van der Waals surface area contributed by atoms with Crippen LogP contribution in [0, 0.1) is 0 Å². The standard InChI is InChI=1S/C15H11ClN4O3/c16-11-1-5-13(6-2-11)22-9-15(21)23-14-7-3-12(4-8-14)20-10-17-18-19-20/h1-8,10H,9H2. The van der Waals surface area contributed by atoms with E-state index in [-0.39, 0.29) is 6.61 Å². The summed E-state index contributed by atoms with van der Waals surface area (Å²) in [5, 5.41) is 11.5. The molecule has 1 aromatic heterocycles. The molecule has 0 radical (unpaired) electrons. The molecule has 0 saturated carbocycles. The van der Waals surface area contributed by atoms with Crippen LogP contribution in [0.3, 0.4) is 0 Å². The number of carbonyl (C=O) groups is 1. The molecular weight excluding hydrogens is 320 g/mol. The molecule has 0 bridgehead atoms. The first kappa shape index (κ1) is 15.0. The predicted octanol–water partition coefficient (Wildman–Crippen LogP) is 2.30. The van der Waals surface area contributed by atoms with Gasteiger partial charge in [-0.2, -0.15) is 0 Å². The molecule has 3 rings (SSSR count). The van der Waals surface area contributed by atoms with E-state index in [4.69, 9.17) is 21.1 Å². The van der Waals surface area contributed by atoms with Gasteiger partial charge in [-0.15, -0.1) is 5.10 Å². The second-order valence-corrected chi connectivity index (χ2v) is 4.90. The number of rotatable bonds is 5. The molecule has 0 spiro atoms. The molecule has 3 aromatic rings. The van der Waals surface area contributed by atoms with Crippen molar-refractivity contribution < 1.29 is 14.3 Å². The molecule has 0 N–H and O–H groups in total. The molecule has 0 fully saturated rings. The Hall–Kier alpha value is -2.93. The molecule has 0 unspecified atom stereocenters. The Labute approximate surface area is 136 Å². The van der Waals surface area contributed by atoms with Gasteiger partial charge in [0.05, 0.1) is 5.69 Å². The summed E-state index contributed by atoms with van der Waals surface area (Å²) in [7, 11) is 0. The maximum Gasteiger partial charge on any atom is 0.349 e. The number of halogens is 1. The second kappa shape index (κ2) is 6.89. The summed E-state index contributed by atoms with van der Waals surface area (Å²) in [6.07, 6.45) is 1.47. The van der Waals surface area contributed by atoms with Crippen molar-refractivity contribution in [1.82, 2.24) is 20.2 Å². The van der Waals surface area contributed by atoms with E-state index in [1.165, 1.54) is 11.0 Å². The van der Waals surface area contributed by atoms with Crippen LogP contribution in [0.25, 0.3) is 5.69 Å². The van der Waals surface area contributed by atoms with Crippen LogP contribution in [0.5, 0.6) is 11.5 Å². The highest BCUT2D eigenvalue weighted by Gasteiger charge is 2.07. The molecule has 0 saturated heterocycles. The van der Waals surface area contributed by atoms with Gasteiger partial charge < -0.3 is 9.47 Å². The maximum absolute atomic E-state index is 11.8. The van der Waals surface area contributed by atoms with Crippen LogP contribution in [-0.2, 0) is 4.79 Å². The van der Waals surface area contributed by atoms with Crippen LogP contribution in [-0.4, -0.2) is 32.8 Å². The van der Waals surface area contributed by atoms with Gasteiger partial charge in [-0.3, -0.25) is 0 Å². The van der Waals surface area contributed by atoms with Crippen LogP contribution in [0.15, 0.2) is 54.9 Å². The average Bonchev–Trinajstić information content (AvgIpc) is 3.09. The molecule has 0 aliphatic heterocycles. The Morgan fingerprint density at radius 1 is 1.04 bits per heavy atom. The first-order valence-electron chi connectivity index (χ1n) is 6.63. The van der Waals surface area contributed by atoms with Gasteiger partial charge in [0.15, 0.2) is 6.61 Å². The van der Waals surface area contributed by atoms with Gasteiger partial charge in [0.25, 0.3) is 0 Å². The SMILES string of the molecule is O=C(COc1ccc(Cl)cc1)Oc1ccc(-n2cnnn2)cc1. The lowest BCUT2D eigenvalue weighted by Gasteiger charge is -2.07. The van der Waals surface area contributed by atoms with Gasteiger partial charge >= 0.3 is 5.97 Å². The van der Waals surface area contributed by atoms with Gasteiger partial charge in [-0.1, -0.05) is 11.6 Å². The fraction of sp³-hybridized carbons (Fsp3) is 0.0667. The number of hydrogen-bond donors (Lipinski definition) is 0. The summed E-state index contributed by atoms with van der Waals surface area (Å²) in [6.45, 7) is -0.198. The van der Waals surface area contributed by atoms with E-state index in [0.29, 0.717) is 16.5 Å². The highest BCUT2D eigenvalue weighted by atomic mass is 35.5. The second-order valence-electron chi connectivity index (χ2n) is 4.46. The van der Waals surface area contributed by atoms with Crippen molar-refractivity contribution in [2.45, 2.75) is 0 Å². The van der Waals surface area contributed by atoms with Crippen molar-refractivity contribution in [3.8, 4) is 17.2 Å². The summed E-state index contributed by atoms with van der Waals surface area (Å²) in [5.41, 5.74) is 0.757. The summed E-state index contributed by atoms with van der Waals surface area (Å²) in [4.78, 5) is 11.8. The van der Waals surface area contributed by atoms with Gasteiger partial charge in [0.2, 0.25) is 0 Å². The quantitative estimate of drug-likeness (QED) is 0.527. The van der Waals surface area contributed by atoms with E-state index < -0.39 is 5.97 Å². The largest absolute Gasteiger partial charge is 0.482 e. The fourth-order valence-corrected chi connectivity index (χ4v) is 1.91. The van der Waals surface area contributed by atoms with E-state index in [1.54, 1.807) is 48.5 Å². The van der Waals surface area contributed by atoms with Crippen molar-refractivity contribution in [3.05, 3.63) is 59.9 Å². The Balaban J connectivity index is 1.54. The molecule has 2 aromatic carbocycles. The molecular formula is C15H11ClN4O3. The van der Waals surface area contributed by atoms with Crippen LogP contribution in [0.1, 0.15) is 0 Å². The Kier molecular flexibility index (Phi) is 4.49. The minimum atomic E-state index is -0.505. The number of carbonyl (C=O) groups excluding carboxylic acids is 1. The molecule has 0 amide bonds. The lowest BCUT2D eigenvalue weighted by Crippen LogP contribution is -2.17. The molecule has 0 aliphatic rings. The first-order valence-corrected chi connectivity index (χ1v) is 7.01. The van der Waals surface area contributed by atoms with Crippen LogP contribution >= 0.6 is 11.6 Å². The summed E-state index contributed by atoms with van der Waals surface area (Å²) >= 11 is 5.77. The summed E-state index contributed by atoms with van der Waals surface area (Å²) in [5.74, 6) is 0.446. The van der Waals surface area contributed by atoms with Crippen LogP contribution < -0.4 is 9.47 Å². The van der Waals surface area contributed by atoms with Crippen molar-refractivity contribution in [2.24, 2.45) is 0 Å². The maximum atomic E-state index is 11.8. The van der Waals surface area contributed by atoms with E-state index in [9.17, 15) is 4.79 Å².